The lowest BCUT2D eigenvalue weighted by Gasteiger charge is -1.99. The lowest BCUT2D eigenvalue weighted by Crippen LogP contribution is -2.07. The van der Waals surface area contributed by atoms with Gasteiger partial charge in [0.15, 0.2) is 0 Å². The van der Waals surface area contributed by atoms with Crippen LogP contribution in [0.5, 0.6) is 0 Å². The van der Waals surface area contributed by atoms with Crippen LogP contribution in [0, 0.1) is 24.7 Å². The maximum Gasteiger partial charge on any atom is 0.320 e. The van der Waals surface area contributed by atoms with Gasteiger partial charge in [-0.1, -0.05) is 11.8 Å². The van der Waals surface area contributed by atoms with E-state index >= 15 is 0 Å². The topological polar surface area (TPSA) is 86.7 Å². The smallest absolute Gasteiger partial charge is 0.320 e. The van der Waals surface area contributed by atoms with Crippen molar-refractivity contribution in [1.82, 2.24) is 0 Å². The molecule has 0 aromatic heterocycles. The zero-order chi connectivity index (χ0) is 12.7. The van der Waals surface area contributed by atoms with E-state index in [1.165, 1.54) is 0 Å². The molecule has 0 rings (SSSR count). The Morgan fingerprint density at radius 2 is 1.19 bits per heavy atom. The molecule has 0 unspecified atom stereocenters. The van der Waals surface area contributed by atoms with Gasteiger partial charge in [-0.2, -0.15) is 16.8 Å². The molecule has 0 saturated carbocycles. The Balaban J connectivity index is 4.27. The Labute approximate surface area is 94.5 Å². The number of hydrogen-bond acceptors (Lipinski definition) is 6. The summed E-state index contributed by atoms with van der Waals surface area (Å²) in [5.74, 6) is 2.44. The third-order valence-corrected chi connectivity index (χ3v) is 2.83. The predicted octanol–water partition coefficient (Wildman–Crippen LogP) is -0.583. The fourth-order valence-corrected chi connectivity index (χ4v) is 1.46. The van der Waals surface area contributed by atoms with Crippen molar-refractivity contribution < 1.29 is 25.2 Å². The van der Waals surface area contributed by atoms with Gasteiger partial charge in [-0.15, -0.1) is 12.8 Å². The monoisotopic (exact) mass is 264 g/mol. The molecule has 0 atom stereocenters. The highest BCUT2D eigenvalue weighted by molar-refractivity contribution is 7.87. The second-order valence-electron chi connectivity index (χ2n) is 2.28. The molecule has 0 amide bonds. The number of rotatable bonds is 6. The molecule has 0 aromatic rings. The van der Waals surface area contributed by atoms with E-state index in [9.17, 15) is 16.8 Å². The van der Waals surface area contributed by atoms with Gasteiger partial charge in [0.1, 0.15) is 24.0 Å². The minimum absolute atomic E-state index is 0.542. The van der Waals surface area contributed by atoms with E-state index in [4.69, 9.17) is 12.8 Å². The zero-order valence-electron chi connectivity index (χ0n) is 7.99. The van der Waals surface area contributed by atoms with Crippen LogP contribution < -0.4 is 0 Å². The molecule has 0 aliphatic carbocycles. The van der Waals surface area contributed by atoms with Crippen molar-refractivity contribution in [3.05, 3.63) is 12.5 Å². The average Bonchev–Trinajstić information content (AvgIpc) is 2.12. The molecule has 0 aromatic carbocycles. The van der Waals surface area contributed by atoms with E-state index in [1.807, 2.05) is 11.8 Å². The molecule has 16 heavy (non-hydrogen) atoms. The minimum atomic E-state index is -3.90. The summed E-state index contributed by atoms with van der Waals surface area (Å²) in [5.41, 5.74) is 0. The van der Waals surface area contributed by atoms with Crippen LogP contribution in [0.2, 0.25) is 0 Å². The Morgan fingerprint density at radius 3 is 1.44 bits per heavy atom. The van der Waals surface area contributed by atoms with Crippen molar-refractivity contribution in [2.45, 2.75) is 0 Å². The fraction of sp³-hybridized carbons (Fsp3) is 0.250. The van der Waals surface area contributed by atoms with Gasteiger partial charge < -0.3 is 8.37 Å². The number of hydrogen-bond donors (Lipinski definition) is 0. The Kier molecular flexibility index (Phi) is 5.43. The van der Waals surface area contributed by atoms with Gasteiger partial charge >= 0.3 is 20.2 Å². The van der Waals surface area contributed by atoms with Crippen LogP contribution >= 0.6 is 0 Å². The largest absolute Gasteiger partial charge is 0.386 e. The molecule has 0 radical (unpaired) electrons. The molecule has 0 aliphatic heterocycles. The third-order valence-electron chi connectivity index (χ3n) is 0.980. The normalized spacial score (nSPS) is 11.6. The maximum absolute atomic E-state index is 10.8. The maximum atomic E-state index is 10.8. The van der Waals surface area contributed by atoms with E-state index in [1.54, 1.807) is 0 Å². The molecule has 0 aliphatic rings. The molecule has 8 heteroatoms. The molecular formula is C8H8O6S2. The highest BCUT2D eigenvalue weighted by Gasteiger charge is 2.08. The van der Waals surface area contributed by atoms with Crippen molar-refractivity contribution in [2.24, 2.45) is 0 Å². The van der Waals surface area contributed by atoms with Crippen molar-refractivity contribution >= 4 is 20.2 Å². The average molecular weight is 264 g/mol. The summed E-state index contributed by atoms with van der Waals surface area (Å²) in [6.45, 7) is 0. The Bertz CT molecular complexity index is 476. The van der Waals surface area contributed by atoms with Crippen LogP contribution in [0.4, 0.5) is 0 Å². The van der Waals surface area contributed by atoms with Crippen LogP contribution in [0.15, 0.2) is 12.5 Å². The molecule has 0 bridgehead atoms. The summed E-state index contributed by atoms with van der Waals surface area (Å²) in [6, 6.07) is 0. The van der Waals surface area contributed by atoms with Gasteiger partial charge in [0.2, 0.25) is 0 Å². The van der Waals surface area contributed by atoms with Crippen molar-refractivity contribution in [3.8, 4) is 24.7 Å². The molecule has 0 N–H and O–H groups in total. The van der Waals surface area contributed by atoms with Crippen LogP contribution in [0.1, 0.15) is 0 Å². The van der Waals surface area contributed by atoms with Crippen LogP contribution in [-0.2, 0) is 28.6 Å². The van der Waals surface area contributed by atoms with Crippen LogP contribution in [-0.4, -0.2) is 28.3 Å². The van der Waals surface area contributed by atoms with Gasteiger partial charge in [0, 0.05) is 0 Å². The molecule has 0 heterocycles. The van der Waals surface area contributed by atoms with Crippen molar-refractivity contribution in [1.29, 1.82) is 0 Å². The second-order valence-corrected chi connectivity index (χ2v) is 5.47. The summed E-state index contributed by atoms with van der Waals surface area (Å²) in [7, 11) is -7.80. The summed E-state index contributed by atoms with van der Waals surface area (Å²) in [4.78, 5) is 0. The lowest BCUT2D eigenvalue weighted by molar-refractivity contribution is 0.405. The Morgan fingerprint density at radius 1 is 0.875 bits per heavy atom. The summed E-state index contributed by atoms with van der Waals surface area (Å²) >= 11 is 0. The fourth-order valence-electron chi connectivity index (χ4n) is 0.487. The number of terminal acetylenes is 2. The first-order valence-corrected chi connectivity index (χ1v) is 6.82. The van der Waals surface area contributed by atoms with E-state index in [2.05, 4.69) is 8.37 Å². The SMILES string of the molecule is C#CCS(=O)(=O)O/C=C/OS(=O)(=O)CC#C. The first-order chi connectivity index (χ1) is 7.33. The summed E-state index contributed by atoms with van der Waals surface area (Å²) in [5, 5.41) is 0. The van der Waals surface area contributed by atoms with Gasteiger partial charge in [0.05, 0.1) is 0 Å². The molecule has 6 nitrogen and oxygen atoms in total. The van der Waals surface area contributed by atoms with Crippen LogP contribution in [0.25, 0.3) is 0 Å². The van der Waals surface area contributed by atoms with E-state index < -0.39 is 31.7 Å². The predicted molar refractivity (Wildman–Crippen MR) is 56.5 cm³/mol. The first-order valence-electron chi connectivity index (χ1n) is 3.67. The molecule has 0 fully saturated rings. The van der Waals surface area contributed by atoms with E-state index in [0.29, 0.717) is 12.5 Å². The highest BCUT2D eigenvalue weighted by atomic mass is 32.2. The standard InChI is InChI=1S/C8H8O6S2/c1-3-7-15(9,10)13-5-6-14-16(11,12)8-4-2/h1-2,5-6H,7-8H2/b6-5+. The van der Waals surface area contributed by atoms with Gasteiger partial charge in [0.25, 0.3) is 0 Å². The lowest BCUT2D eigenvalue weighted by atomic mass is 10.8. The molecule has 0 spiro atoms. The van der Waals surface area contributed by atoms with Crippen molar-refractivity contribution in [3.63, 3.8) is 0 Å². The third kappa shape index (κ3) is 6.76. The highest BCUT2D eigenvalue weighted by Crippen LogP contribution is 1.97. The summed E-state index contributed by atoms with van der Waals surface area (Å²) in [6.07, 6.45) is 10.6. The molecular weight excluding hydrogens is 256 g/mol. The van der Waals surface area contributed by atoms with Gasteiger partial charge in [-0.3, -0.25) is 0 Å². The molecule has 88 valence electrons. The van der Waals surface area contributed by atoms with Crippen LogP contribution in [0.3, 0.4) is 0 Å². The Hall–Kier alpha value is -1.64. The quantitative estimate of drug-likeness (QED) is 0.362. The second kappa shape index (κ2) is 6.05. The minimum Gasteiger partial charge on any atom is -0.386 e. The summed E-state index contributed by atoms with van der Waals surface area (Å²) < 4.78 is 51.6. The van der Waals surface area contributed by atoms with Gasteiger partial charge in [-0.05, 0) is 0 Å². The van der Waals surface area contributed by atoms with E-state index in [0.717, 1.165) is 0 Å². The van der Waals surface area contributed by atoms with Gasteiger partial charge in [-0.25, -0.2) is 0 Å². The first kappa shape index (κ1) is 14.4. The van der Waals surface area contributed by atoms with Crippen molar-refractivity contribution in [2.75, 3.05) is 11.5 Å². The van der Waals surface area contributed by atoms with E-state index in [-0.39, 0.29) is 0 Å². The molecule has 0 saturated heterocycles. The zero-order valence-corrected chi connectivity index (χ0v) is 9.62.